The SMILES string of the molecule is CCOC(=O)c1ccc2c(c1)NC(=O)/C2=C(/Nc1ccc(Cl)cc1)c1ccccc1. The van der Waals surface area contributed by atoms with Crippen molar-refractivity contribution in [2.45, 2.75) is 6.92 Å². The number of halogens is 1. The summed E-state index contributed by atoms with van der Waals surface area (Å²) in [6, 6.07) is 22.0. The van der Waals surface area contributed by atoms with Crippen molar-refractivity contribution < 1.29 is 14.3 Å². The van der Waals surface area contributed by atoms with Gasteiger partial charge in [-0.15, -0.1) is 0 Å². The molecule has 0 saturated heterocycles. The van der Waals surface area contributed by atoms with Gasteiger partial charge in [-0.3, -0.25) is 4.79 Å². The van der Waals surface area contributed by atoms with E-state index >= 15 is 0 Å². The molecule has 1 amide bonds. The average molecular weight is 419 g/mol. The number of anilines is 2. The number of hydrogen-bond acceptors (Lipinski definition) is 4. The van der Waals surface area contributed by atoms with Crippen LogP contribution in [-0.2, 0) is 9.53 Å². The van der Waals surface area contributed by atoms with Crippen molar-refractivity contribution in [3.63, 3.8) is 0 Å². The third kappa shape index (κ3) is 3.93. The van der Waals surface area contributed by atoms with Crippen molar-refractivity contribution in [1.82, 2.24) is 0 Å². The Morgan fingerprint density at radius 2 is 1.73 bits per heavy atom. The van der Waals surface area contributed by atoms with E-state index in [4.69, 9.17) is 16.3 Å². The fourth-order valence-electron chi connectivity index (χ4n) is 3.32. The van der Waals surface area contributed by atoms with Gasteiger partial charge in [0.25, 0.3) is 5.91 Å². The zero-order valence-electron chi connectivity index (χ0n) is 16.2. The molecule has 3 aromatic carbocycles. The topological polar surface area (TPSA) is 67.4 Å². The molecule has 1 aliphatic heterocycles. The van der Waals surface area contributed by atoms with E-state index in [-0.39, 0.29) is 12.5 Å². The van der Waals surface area contributed by atoms with Gasteiger partial charge in [0.15, 0.2) is 0 Å². The molecule has 0 fully saturated rings. The Balaban J connectivity index is 1.83. The Labute approximate surface area is 179 Å². The summed E-state index contributed by atoms with van der Waals surface area (Å²) in [5, 5.41) is 6.86. The monoisotopic (exact) mass is 418 g/mol. The van der Waals surface area contributed by atoms with Gasteiger partial charge in [0, 0.05) is 16.3 Å². The first-order chi connectivity index (χ1) is 14.6. The Morgan fingerprint density at radius 1 is 1.00 bits per heavy atom. The molecule has 1 heterocycles. The van der Waals surface area contributed by atoms with Crippen LogP contribution in [0.3, 0.4) is 0 Å². The molecule has 0 aromatic heterocycles. The van der Waals surface area contributed by atoms with Crippen LogP contribution in [0.5, 0.6) is 0 Å². The number of hydrogen-bond donors (Lipinski definition) is 2. The highest BCUT2D eigenvalue weighted by molar-refractivity contribution is 6.37. The summed E-state index contributed by atoms with van der Waals surface area (Å²) in [6.45, 7) is 2.04. The first-order valence-corrected chi connectivity index (χ1v) is 9.90. The Bertz CT molecular complexity index is 1140. The van der Waals surface area contributed by atoms with Gasteiger partial charge in [-0.1, -0.05) is 48.0 Å². The number of fused-ring (bicyclic) bond motifs is 1. The van der Waals surface area contributed by atoms with Gasteiger partial charge in [-0.05, 0) is 48.9 Å². The van der Waals surface area contributed by atoms with Crippen LogP contribution in [0.2, 0.25) is 5.02 Å². The lowest BCUT2D eigenvalue weighted by Gasteiger charge is -2.15. The van der Waals surface area contributed by atoms with Gasteiger partial charge in [0.1, 0.15) is 0 Å². The van der Waals surface area contributed by atoms with E-state index in [9.17, 15) is 9.59 Å². The summed E-state index contributed by atoms with van der Waals surface area (Å²) in [5.41, 5.74) is 4.51. The Hall–Kier alpha value is -3.57. The normalized spacial score (nSPS) is 14.0. The van der Waals surface area contributed by atoms with E-state index in [1.54, 1.807) is 37.3 Å². The van der Waals surface area contributed by atoms with E-state index in [2.05, 4.69) is 10.6 Å². The number of nitrogens with one attached hydrogen (secondary N) is 2. The minimum atomic E-state index is -0.422. The first kappa shape index (κ1) is 19.7. The molecule has 30 heavy (non-hydrogen) atoms. The second kappa shape index (κ2) is 8.43. The molecule has 0 radical (unpaired) electrons. The number of carbonyl (C=O) groups excluding carboxylic acids is 2. The van der Waals surface area contributed by atoms with Crippen LogP contribution in [0, 0.1) is 0 Å². The third-order valence-electron chi connectivity index (χ3n) is 4.70. The predicted molar refractivity (Wildman–Crippen MR) is 119 cm³/mol. The van der Waals surface area contributed by atoms with Crippen LogP contribution < -0.4 is 10.6 Å². The maximum atomic E-state index is 13.0. The number of esters is 1. The molecule has 6 heteroatoms. The summed E-state index contributed by atoms with van der Waals surface area (Å²) in [4.78, 5) is 25.0. The van der Waals surface area contributed by atoms with Crippen LogP contribution in [0.4, 0.5) is 11.4 Å². The Morgan fingerprint density at radius 3 is 2.43 bits per heavy atom. The molecule has 0 saturated carbocycles. The van der Waals surface area contributed by atoms with Crippen molar-refractivity contribution in [3.8, 4) is 0 Å². The minimum absolute atomic E-state index is 0.244. The van der Waals surface area contributed by atoms with Gasteiger partial charge < -0.3 is 15.4 Å². The van der Waals surface area contributed by atoms with E-state index in [0.29, 0.717) is 33.1 Å². The second-order valence-corrected chi connectivity index (χ2v) is 7.12. The number of amides is 1. The van der Waals surface area contributed by atoms with Crippen molar-refractivity contribution in [2.24, 2.45) is 0 Å². The summed E-state index contributed by atoms with van der Waals surface area (Å²) in [7, 11) is 0. The molecule has 4 rings (SSSR count). The molecule has 0 bridgehead atoms. The first-order valence-electron chi connectivity index (χ1n) is 9.52. The van der Waals surface area contributed by atoms with E-state index in [1.165, 1.54) is 0 Å². The van der Waals surface area contributed by atoms with E-state index in [0.717, 1.165) is 11.3 Å². The Kier molecular flexibility index (Phi) is 5.55. The summed E-state index contributed by atoms with van der Waals surface area (Å²) in [6.07, 6.45) is 0. The largest absolute Gasteiger partial charge is 0.462 e. The van der Waals surface area contributed by atoms with Gasteiger partial charge in [0.05, 0.1) is 29.1 Å². The molecule has 2 N–H and O–H groups in total. The molecule has 0 unspecified atom stereocenters. The molecule has 5 nitrogen and oxygen atoms in total. The second-order valence-electron chi connectivity index (χ2n) is 6.68. The number of rotatable bonds is 5. The van der Waals surface area contributed by atoms with Crippen LogP contribution in [0.1, 0.15) is 28.4 Å². The average Bonchev–Trinajstić information content (AvgIpc) is 3.09. The fourth-order valence-corrected chi connectivity index (χ4v) is 3.45. The maximum absolute atomic E-state index is 13.0. The zero-order valence-corrected chi connectivity index (χ0v) is 17.0. The van der Waals surface area contributed by atoms with Gasteiger partial charge in [-0.2, -0.15) is 0 Å². The lowest BCUT2D eigenvalue weighted by atomic mass is 9.99. The molecule has 0 aliphatic carbocycles. The molecule has 150 valence electrons. The highest BCUT2D eigenvalue weighted by Crippen LogP contribution is 2.38. The van der Waals surface area contributed by atoms with Gasteiger partial charge in [-0.25, -0.2) is 4.79 Å². The molecule has 0 spiro atoms. The number of carbonyl (C=O) groups is 2. The van der Waals surface area contributed by atoms with Crippen LogP contribution >= 0.6 is 11.6 Å². The van der Waals surface area contributed by atoms with Crippen LogP contribution in [-0.4, -0.2) is 18.5 Å². The fraction of sp³-hybridized carbons (Fsp3) is 0.0833. The highest BCUT2D eigenvalue weighted by Gasteiger charge is 2.29. The lowest BCUT2D eigenvalue weighted by molar-refractivity contribution is -0.110. The highest BCUT2D eigenvalue weighted by atomic mass is 35.5. The van der Waals surface area contributed by atoms with Crippen LogP contribution in [0.25, 0.3) is 11.3 Å². The molecule has 3 aromatic rings. The zero-order chi connectivity index (χ0) is 21.1. The van der Waals surface area contributed by atoms with E-state index in [1.807, 2.05) is 42.5 Å². The lowest BCUT2D eigenvalue weighted by Crippen LogP contribution is -2.10. The van der Waals surface area contributed by atoms with Crippen molar-refractivity contribution in [3.05, 3.63) is 94.5 Å². The predicted octanol–water partition coefficient (Wildman–Crippen LogP) is 5.45. The van der Waals surface area contributed by atoms with Crippen molar-refractivity contribution >= 4 is 46.1 Å². The summed E-state index contributed by atoms with van der Waals surface area (Å²) in [5.74, 6) is -0.666. The minimum Gasteiger partial charge on any atom is -0.462 e. The molecule has 0 atom stereocenters. The molecular weight excluding hydrogens is 400 g/mol. The van der Waals surface area contributed by atoms with Gasteiger partial charge in [0.2, 0.25) is 0 Å². The van der Waals surface area contributed by atoms with Crippen LogP contribution in [0.15, 0.2) is 72.8 Å². The smallest absolute Gasteiger partial charge is 0.338 e. The van der Waals surface area contributed by atoms with Crippen molar-refractivity contribution in [2.75, 3.05) is 17.2 Å². The summed E-state index contributed by atoms with van der Waals surface area (Å²) < 4.78 is 5.06. The standard InChI is InChI=1S/C24H19ClN2O3/c1-2-30-24(29)16-8-13-19-20(14-16)27-23(28)21(19)22(15-6-4-3-5-7-15)26-18-11-9-17(25)10-12-18/h3-14,26H,2H2,1H3,(H,27,28)/b22-21+. The third-order valence-corrected chi connectivity index (χ3v) is 4.95. The van der Waals surface area contributed by atoms with Gasteiger partial charge >= 0.3 is 5.97 Å². The number of ether oxygens (including phenoxy) is 1. The molecule has 1 aliphatic rings. The van der Waals surface area contributed by atoms with E-state index < -0.39 is 5.97 Å². The maximum Gasteiger partial charge on any atom is 0.338 e. The molecular formula is C24H19ClN2O3. The number of benzene rings is 3. The summed E-state index contributed by atoms with van der Waals surface area (Å²) >= 11 is 6.00. The van der Waals surface area contributed by atoms with Crippen molar-refractivity contribution in [1.29, 1.82) is 0 Å². The quantitative estimate of drug-likeness (QED) is 0.427.